The van der Waals surface area contributed by atoms with Crippen molar-refractivity contribution in [3.8, 4) is 22.4 Å². The van der Waals surface area contributed by atoms with Crippen molar-refractivity contribution in [2.45, 2.75) is 44.1 Å². The van der Waals surface area contributed by atoms with E-state index in [9.17, 15) is 9.90 Å². The van der Waals surface area contributed by atoms with E-state index in [0.29, 0.717) is 0 Å². The lowest BCUT2D eigenvalue weighted by Gasteiger charge is -2.42. The zero-order valence-electron chi connectivity index (χ0n) is 18.7. The van der Waals surface area contributed by atoms with Gasteiger partial charge in [-0.3, -0.25) is 4.98 Å². The first-order valence-electron chi connectivity index (χ1n) is 11.4. The standard InChI is InChI=1S/C27H27N3O3/c1-33-30-24-10-5-9-23-22(24)17-21(18-7-3-2-4-8-18)25(28-23)19-11-13-20(14-12-19)27(15-6-16-27)29-26(31)32/h2-4,7-8,11-14,17,29H,5-6,9-10,15-16H2,1H3,(H,31,32)/b30-24+. The summed E-state index contributed by atoms with van der Waals surface area (Å²) in [4.78, 5) is 21.6. The van der Waals surface area contributed by atoms with Crippen molar-refractivity contribution in [1.82, 2.24) is 10.3 Å². The Kier molecular flexibility index (Phi) is 5.58. The van der Waals surface area contributed by atoms with Gasteiger partial charge in [0.25, 0.3) is 0 Å². The van der Waals surface area contributed by atoms with Crippen molar-refractivity contribution in [1.29, 1.82) is 0 Å². The third-order valence-electron chi connectivity index (χ3n) is 6.79. The number of carbonyl (C=O) groups is 1. The first kappa shape index (κ1) is 21.2. The molecule has 0 bridgehead atoms. The van der Waals surface area contributed by atoms with Gasteiger partial charge in [-0.2, -0.15) is 0 Å². The predicted molar refractivity (Wildman–Crippen MR) is 128 cm³/mol. The molecular formula is C27H27N3O3. The van der Waals surface area contributed by atoms with Gasteiger partial charge in [0, 0.05) is 16.7 Å². The van der Waals surface area contributed by atoms with E-state index >= 15 is 0 Å². The van der Waals surface area contributed by atoms with Crippen molar-refractivity contribution in [2.24, 2.45) is 5.16 Å². The van der Waals surface area contributed by atoms with E-state index in [1.165, 1.54) is 0 Å². The Labute approximate surface area is 193 Å². The molecular weight excluding hydrogens is 414 g/mol. The number of fused-ring (bicyclic) bond motifs is 1. The van der Waals surface area contributed by atoms with Crippen LogP contribution in [0.2, 0.25) is 0 Å². The van der Waals surface area contributed by atoms with Gasteiger partial charge >= 0.3 is 6.09 Å². The monoisotopic (exact) mass is 441 g/mol. The van der Waals surface area contributed by atoms with E-state index in [1.807, 2.05) is 30.3 Å². The topological polar surface area (TPSA) is 83.8 Å². The van der Waals surface area contributed by atoms with Crippen LogP contribution in [0.4, 0.5) is 4.79 Å². The highest BCUT2D eigenvalue weighted by Crippen LogP contribution is 2.42. The summed E-state index contributed by atoms with van der Waals surface area (Å²) in [6.45, 7) is 0. The molecule has 6 heteroatoms. The SMILES string of the molecule is CO/N=C1\CCCc2nc(-c3ccc(C4(NC(=O)O)CCC4)cc3)c(-c3ccccc3)cc21. The molecule has 0 spiro atoms. The van der Waals surface area contributed by atoms with Gasteiger partial charge < -0.3 is 15.3 Å². The van der Waals surface area contributed by atoms with Gasteiger partial charge in [-0.05, 0) is 55.7 Å². The number of amides is 1. The summed E-state index contributed by atoms with van der Waals surface area (Å²) in [5.74, 6) is 0. The van der Waals surface area contributed by atoms with Crippen LogP contribution in [0.25, 0.3) is 22.4 Å². The number of rotatable bonds is 5. The Balaban J connectivity index is 1.60. The summed E-state index contributed by atoms with van der Waals surface area (Å²) >= 11 is 0. The van der Waals surface area contributed by atoms with Crippen LogP contribution in [0.5, 0.6) is 0 Å². The van der Waals surface area contributed by atoms with E-state index in [2.05, 4.69) is 40.8 Å². The number of carboxylic acid groups (broad SMARTS) is 1. The molecule has 168 valence electrons. The third kappa shape index (κ3) is 3.97. The van der Waals surface area contributed by atoms with E-state index in [0.717, 1.165) is 83.4 Å². The summed E-state index contributed by atoms with van der Waals surface area (Å²) in [6, 6.07) is 20.7. The minimum Gasteiger partial charge on any atom is -0.465 e. The first-order chi connectivity index (χ1) is 16.1. The largest absolute Gasteiger partial charge is 0.465 e. The number of benzene rings is 2. The molecule has 2 aromatic carbocycles. The minimum atomic E-state index is -0.977. The molecule has 3 aromatic rings. The van der Waals surface area contributed by atoms with E-state index < -0.39 is 11.6 Å². The molecule has 1 fully saturated rings. The van der Waals surface area contributed by atoms with Crippen LogP contribution in [0, 0.1) is 0 Å². The summed E-state index contributed by atoms with van der Waals surface area (Å²) < 4.78 is 0. The number of aryl methyl sites for hydroxylation is 1. The second kappa shape index (κ2) is 8.70. The number of aromatic nitrogens is 1. The first-order valence-corrected chi connectivity index (χ1v) is 11.4. The number of hydrogen-bond acceptors (Lipinski definition) is 4. The van der Waals surface area contributed by atoms with Crippen molar-refractivity contribution in [3.63, 3.8) is 0 Å². The van der Waals surface area contributed by atoms with Crippen molar-refractivity contribution < 1.29 is 14.7 Å². The van der Waals surface area contributed by atoms with Crippen molar-refractivity contribution >= 4 is 11.8 Å². The van der Waals surface area contributed by atoms with Crippen LogP contribution in [0.3, 0.4) is 0 Å². The number of hydrogen-bond donors (Lipinski definition) is 2. The second-order valence-electron chi connectivity index (χ2n) is 8.76. The van der Waals surface area contributed by atoms with Crippen LogP contribution in [-0.4, -0.2) is 29.0 Å². The normalized spacial score (nSPS) is 17.7. The van der Waals surface area contributed by atoms with Gasteiger partial charge in [0.15, 0.2) is 0 Å². The van der Waals surface area contributed by atoms with E-state index in [1.54, 1.807) is 7.11 Å². The van der Waals surface area contributed by atoms with Gasteiger partial charge in [0.1, 0.15) is 7.11 Å². The maximum absolute atomic E-state index is 11.3. The molecule has 0 unspecified atom stereocenters. The zero-order valence-corrected chi connectivity index (χ0v) is 18.7. The maximum Gasteiger partial charge on any atom is 0.405 e. The van der Waals surface area contributed by atoms with Crippen LogP contribution in [0.15, 0.2) is 65.8 Å². The van der Waals surface area contributed by atoms with Gasteiger partial charge in [0.2, 0.25) is 0 Å². The molecule has 2 N–H and O–H groups in total. The molecule has 2 aliphatic carbocycles. The molecule has 0 radical (unpaired) electrons. The lowest BCUT2D eigenvalue weighted by atomic mass is 9.71. The molecule has 2 aliphatic rings. The molecule has 0 atom stereocenters. The van der Waals surface area contributed by atoms with Gasteiger partial charge in [-0.15, -0.1) is 0 Å². The molecule has 6 nitrogen and oxygen atoms in total. The summed E-state index contributed by atoms with van der Waals surface area (Å²) in [5, 5.41) is 16.3. The van der Waals surface area contributed by atoms with Crippen molar-refractivity contribution in [2.75, 3.05) is 7.11 Å². The Morgan fingerprint density at radius 2 is 1.76 bits per heavy atom. The van der Waals surface area contributed by atoms with Crippen LogP contribution in [-0.2, 0) is 16.8 Å². The number of pyridine rings is 1. The third-order valence-corrected chi connectivity index (χ3v) is 6.79. The van der Waals surface area contributed by atoms with E-state index in [4.69, 9.17) is 9.82 Å². The fourth-order valence-corrected chi connectivity index (χ4v) is 4.98. The Morgan fingerprint density at radius 1 is 1.00 bits per heavy atom. The van der Waals surface area contributed by atoms with Gasteiger partial charge in [0.05, 0.1) is 22.6 Å². The Morgan fingerprint density at radius 3 is 2.39 bits per heavy atom. The van der Waals surface area contributed by atoms with Crippen molar-refractivity contribution in [3.05, 3.63) is 77.5 Å². The molecule has 0 aliphatic heterocycles. The predicted octanol–water partition coefficient (Wildman–Crippen LogP) is 5.75. The van der Waals surface area contributed by atoms with Crippen LogP contribution < -0.4 is 5.32 Å². The van der Waals surface area contributed by atoms with Crippen LogP contribution >= 0.6 is 0 Å². The average molecular weight is 442 g/mol. The summed E-state index contributed by atoms with van der Waals surface area (Å²) in [5.41, 5.74) is 7.67. The number of nitrogens with one attached hydrogen (secondary N) is 1. The highest BCUT2D eigenvalue weighted by atomic mass is 16.6. The maximum atomic E-state index is 11.3. The zero-order chi connectivity index (χ0) is 22.8. The van der Waals surface area contributed by atoms with E-state index in [-0.39, 0.29) is 0 Å². The molecule has 5 rings (SSSR count). The average Bonchev–Trinajstić information content (AvgIpc) is 2.82. The lowest BCUT2D eigenvalue weighted by molar-refractivity contribution is 0.144. The molecule has 1 amide bonds. The molecule has 0 saturated heterocycles. The minimum absolute atomic E-state index is 0.471. The number of oxime groups is 1. The molecule has 1 saturated carbocycles. The van der Waals surface area contributed by atoms with Gasteiger partial charge in [-0.25, -0.2) is 4.79 Å². The molecule has 1 heterocycles. The molecule has 33 heavy (non-hydrogen) atoms. The number of nitrogens with zero attached hydrogens (tertiary/aromatic N) is 2. The second-order valence-corrected chi connectivity index (χ2v) is 8.76. The Bertz CT molecular complexity index is 1200. The van der Waals surface area contributed by atoms with Crippen LogP contribution in [0.1, 0.15) is 48.9 Å². The smallest absolute Gasteiger partial charge is 0.405 e. The fraction of sp³-hybridized carbons (Fsp3) is 0.296. The highest BCUT2D eigenvalue weighted by molar-refractivity contribution is 6.03. The molecule has 1 aromatic heterocycles. The van der Waals surface area contributed by atoms with Gasteiger partial charge in [-0.1, -0.05) is 59.8 Å². The fourth-order valence-electron chi connectivity index (χ4n) is 4.98. The highest BCUT2D eigenvalue weighted by Gasteiger charge is 2.40. The Hall–Kier alpha value is -3.67. The summed E-state index contributed by atoms with van der Waals surface area (Å²) in [6.07, 6.45) is 4.48. The summed E-state index contributed by atoms with van der Waals surface area (Å²) in [7, 11) is 1.58. The quantitative estimate of drug-likeness (QED) is 0.494. The lowest BCUT2D eigenvalue weighted by Crippen LogP contribution is -2.50.